The van der Waals surface area contributed by atoms with E-state index in [4.69, 9.17) is 0 Å². The first-order chi connectivity index (χ1) is 8.40. The summed E-state index contributed by atoms with van der Waals surface area (Å²) < 4.78 is 0. The van der Waals surface area contributed by atoms with Gasteiger partial charge in [-0.05, 0) is 0 Å². The molecule has 0 aliphatic carbocycles. The largest absolute Gasteiger partial charge is 0.358 e. The van der Waals surface area contributed by atoms with Crippen LogP contribution in [0, 0.1) is 0 Å². The average molecular weight is 252 g/mol. The van der Waals surface area contributed by atoms with Gasteiger partial charge in [0.2, 0.25) is 0 Å². The minimum atomic E-state index is -0.0904. The molecule has 0 spiro atoms. The van der Waals surface area contributed by atoms with E-state index in [9.17, 15) is 4.79 Å². The third-order valence-corrected chi connectivity index (χ3v) is 2.68. The van der Waals surface area contributed by atoms with E-state index in [0.29, 0.717) is 6.04 Å². The van der Waals surface area contributed by atoms with Crippen LogP contribution in [0.15, 0.2) is 10.9 Å². The van der Waals surface area contributed by atoms with Crippen LogP contribution in [0.4, 0.5) is 5.82 Å². The normalized spacial score (nSPS) is 11.3. The van der Waals surface area contributed by atoms with Crippen molar-refractivity contribution in [3.05, 3.63) is 22.2 Å². The van der Waals surface area contributed by atoms with E-state index in [1.807, 2.05) is 25.8 Å². The molecular formula is C13H24N4O. The quantitative estimate of drug-likeness (QED) is 0.802. The first-order valence-electron chi connectivity index (χ1n) is 6.46. The molecule has 0 aliphatic heterocycles. The van der Waals surface area contributed by atoms with Crippen LogP contribution in [0.5, 0.6) is 0 Å². The van der Waals surface area contributed by atoms with E-state index in [-0.39, 0.29) is 11.5 Å². The molecule has 5 heteroatoms. The molecule has 0 aromatic carbocycles. The van der Waals surface area contributed by atoms with Crippen LogP contribution in [0.2, 0.25) is 0 Å². The molecule has 1 aromatic heterocycles. The zero-order chi connectivity index (χ0) is 13.7. The van der Waals surface area contributed by atoms with Gasteiger partial charge in [-0.2, -0.15) is 0 Å². The van der Waals surface area contributed by atoms with Gasteiger partial charge in [-0.15, -0.1) is 0 Å². The van der Waals surface area contributed by atoms with E-state index < -0.39 is 0 Å². The molecule has 1 aromatic rings. The third kappa shape index (κ3) is 4.49. The maximum absolute atomic E-state index is 11.6. The van der Waals surface area contributed by atoms with Crippen LogP contribution in [-0.2, 0) is 0 Å². The number of rotatable bonds is 6. The summed E-state index contributed by atoms with van der Waals surface area (Å²) in [6, 6.07) is 2.01. The van der Waals surface area contributed by atoms with E-state index in [2.05, 4.69) is 29.1 Å². The average Bonchev–Trinajstić information content (AvgIpc) is 2.27. The molecular weight excluding hydrogens is 228 g/mol. The fourth-order valence-corrected chi connectivity index (χ4v) is 1.57. The van der Waals surface area contributed by atoms with Crippen LogP contribution in [-0.4, -0.2) is 36.1 Å². The van der Waals surface area contributed by atoms with Crippen molar-refractivity contribution in [3.8, 4) is 0 Å². The summed E-state index contributed by atoms with van der Waals surface area (Å²) >= 11 is 0. The number of aromatic nitrogens is 2. The highest BCUT2D eigenvalue weighted by atomic mass is 16.1. The Hall–Kier alpha value is -1.36. The molecule has 18 heavy (non-hydrogen) atoms. The molecule has 102 valence electrons. The number of hydrogen-bond donors (Lipinski definition) is 2. The smallest absolute Gasteiger partial charge is 0.252 e. The second kappa shape index (κ2) is 6.54. The highest BCUT2D eigenvalue weighted by molar-refractivity contribution is 5.36. The van der Waals surface area contributed by atoms with Gasteiger partial charge >= 0.3 is 0 Å². The molecule has 2 N–H and O–H groups in total. The van der Waals surface area contributed by atoms with Crippen molar-refractivity contribution in [2.45, 2.75) is 39.7 Å². The molecule has 0 saturated heterocycles. The molecule has 1 heterocycles. The van der Waals surface area contributed by atoms with E-state index in [1.165, 1.54) is 0 Å². The second-order valence-electron chi connectivity index (χ2n) is 5.17. The SMILES string of the molecule is CC(C)NCCN(C)c1cc(=O)[nH]c(C(C)C)n1. The van der Waals surface area contributed by atoms with Gasteiger partial charge in [0.05, 0.1) is 0 Å². The first-order valence-corrected chi connectivity index (χ1v) is 6.46. The maximum atomic E-state index is 11.6. The minimum absolute atomic E-state index is 0.0904. The van der Waals surface area contributed by atoms with Gasteiger partial charge in [0.1, 0.15) is 11.6 Å². The van der Waals surface area contributed by atoms with Gasteiger partial charge in [0.15, 0.2) is 0 Å². The molecule has 0 bridgehead atoms. The van der Waals surface area contributed by atoms with Crippen molar-refractivity contribution in [2.75, 3.05) is 25.0 Å². The van der Waals surface area contributed by atoms with Crippen molar-refractivity contribution in [3.63, 3.8) is 0 Å². The lowest BCUT2D eigenvalue weighted by Crippen LogP contribution is -2.33. The second-order valence-corrected chi connectivity index (χ2v) is 5.17. The molecule has 0 atom stereocenters. The third-order valence-electron chi connectivity index (χ3n) is 2.68. The number of nitrogens with one attached hydrogen (secondary N) is 2. The van der Waals surface area contributed by atoms with Crippen LogP contribution < -0.4 is 15.8 Å². The van der Waals surface area contributed by atoms with Crippen molar-refractivity contribution in [2.24, 2.45) is 0 Å². The molecule has 0 radical (unpaired) electrons. The van der Waals surface area contributed by atoms with E-state index >= 15 is 0 Å². The number of hydrogen-bond acceptors (Lipinski definition) is 4. The molecule has 0 amide bonds. The Balaban J connectivity index is 2.73. The zero-order valence-corrected chi connectivity index (χ0v) is 11.9. The number of likely N-dealkylation sites (N-methyl/N-ethyl adjacent to an activating group) is 1. The number of nitrogens with zero attached hydrogens (tertiary/aromatic N) is 2. The lowest BCUT2D eigenvalue weighted by Gasteiger charge is -2.20. The lowest BCUT2D eigenvalue weighted by molar-refractivity contribution is 0.587. The Morgan fingerprint density at radius 3 is 2.61 bits per heavy atom. The van der Waals surface area contributed by atoms with E-state index in [1.54, 1.807) is 6.07 Å². The molecule has 5 nitrogen and oxygen atoms in total. The fraction of sp³-hybridized carbons (Fsp3) is 0.692. The highest BCUT2D eigenvalue weighted by Gasteiger charge is 2.08. The molecule has 1 rings (SSSR count). The standard InChI is InChI=1S/C13H24N4O/c1-9(2)13-15-11(8-12(18)16-13)17(5)7-6-14-10(3)4/h8-10,14H,6-7H2,1-5H3,(H,15,16,18). The summed E-state index contributed by atoms with van der Waals surface area (Å²) in [5.41, 5.74) is -0.0904. The van der Waals surface area contributed by atoms with Crippen LogP contribution >= 0.6 is 0 Å². The van der Waals surface area contributed by atoms with Crippen LogP contribution in [0.3, 0.4) is 0 Å². The lowest BCUT2D eigenvalue weighted by atomic mass is 10.2. The highest BCUT2D eigenvalue weighted by Crippen LogP contribution is 2.11. The number of H-pyrrole nitrogens is 1. The monoisotopic (exact) mass is 252 g/mol. The Kier molecular flexibility index (Phi) is 5.34. The molecule has 0 saturated carbocycles. The van der Waals surface area contributed by atoms with Gasteiger partial charge in [0.25, 0.3) is 5.56 Å². The molecule has 0 unspecified atom stereocenters. The summed E-state index contributed by atoms with van der Waals surface area (Å²) in [5, 5.41) is 3.34. The summed E-state index contributed by atoms with van der Waals surface area (Å²) in [7, 11) is 1.95. The summed E-state index contributed by atoms with van der Waals surface area (Å²) in [6.45, 7) is 9.96. The van der Waals surface area contributed by atoms with Crippen LogP contribution in [0.25, 0.3) is 0 Å². The summed E-state index contributed by atoms with van der Waals surface area (Å²) in [5.74, 6) is 1.69. The van der Waals surface area contributed by atoms with Crippen LogP contribution in [0.1, 0.15) is 39.4 Å². The van der Waals surface area contributed by atoms with Gasteiger partial charge in [0, 0.05) is 38.2 Å². The number of anilines is 1. The Bertz CT molecular complexity index is 425. The number of aromatic amines is 1. The maximum Gasteiger partial charge on any atom is 0.252 e. The van der Waals surface area contributed by atoms with Crippen molar-refractivity contribution in [1.29, 1.82) is 0 Å². The Labute approximate surface area is 109 Å². The van der Waals surface area contributed by atoms with Gasteiger partial charge in [-0.25, -0.2) is 4.98 Å². The summed E-state index contributed by atoms with van der Waals surface area (Å²) in [6.07, 6.45) is 0. The van der Waals surface area contributed by atoms with Crippen molar-refractivity contribution >= 4 is 5.82 Å². The minimum Gasteiger partial charge on any atom is -0.358 e. The van der Waals surface area contributed by atoms with Crippen molar-refractivity contribution < 1.29 is 0 Å². The Morgan fingerprint density at radius 1 is 1.39 bits per heavy atom. The predicted octanol–water partition coefficient (Wildman–Crippen LogP) is 1.33. The first kappa shape index (κ1) is 14.7. The topological polar surface area (TPSA) is 61.0 Å². The predicted molar refractivity (Wildman–Crippen MR) is 75.4 cm³/mol. The Morgan fingerprint density at radius 2 is 2.06 bits per heavy atom. The molecule has 0 aliphatic rings. The molecule has 0 fully saturated rings. The van der Waals surface area contributed by atoms with Gasteiger partial charge in [-0.3, -0.25) is 4.79 Å². The van der Waals surface area contributed by atoms with Gasteiger partial charge < -0.3 is 15.2 Å². The van der Waals surface area contributed by atoms with Crippen molar-refractivity contribution in [1.82, 2.24) is 15.3 Å². The summed E-state index contributed by atoms with van der Waals surface area (Å²) in [4.78, 5) is 20.8. The fourth-order valence-electron chi connectivity index (χ4n) is 1.57. The zero-order valence-electron chi connectivity index (χ0n) is 11.9. The van der Waals surface area contributed by atoms with E-state index in [0.717, 1.165) is 24.7 Å². The van der Waals surface area contributed by atoms with Gasteiger partial charge in [-0.1, -0.05) is 27.7 Å².